The molecule has 0 atom stereocenters. The van der Waals surface area contributed by atoms with Gasteiger partial charge in [-0.1, -0.05) is 24.3 Å². The maximum absolute atomic E-state index is 10.8. The van der Waals surface area contributed by atoms with Gasteiger partial charge in [0.05, 0.1) is 0 Å². The third-order valence-corrected chi connectivity index (χ3v) is 3.55. The summed E-state index contributed by atoms with van der Waals surface area (Å²) in [5, 5.41) is 2.44. The molecule has 20 heavy (non-hydrogen) atoms. The van der Waals surface area contributed by atoms with E-state index >= 15 is 0 Å². The Morgan fingerprint density at radius 2 is 1.90 bits per heavy atom. The lowest BCUT2D eigenvalue weighted by molar-refractivity contribution is -0.113. The monoisotopic (exact) mass is 264 g/mol. The molecule has 1 aromatic heterocycles. The van der Waals surface area contributed by atoms with Crippen LogP contribution in [0.2, 0.25) is 0 Å². The van der Waals surface area contributed by atoms with E-state index in [1.54, 1.807) is 6.08 Å². The van der Waals surface area contributed by atoms with Crippen molar-refractivity contribution < 1.29 is 4.79 Å². The van der Waals surface area contributed by atoms with E-state index in [1.165, 1.54) is 27.9 Å². The highest BCUT2D eigenvalue weighted by Crippen LogP contribution is 2.29. The molecule has 3 nitrogen and oxygen atoms in total. The van der Waals surface area contributed by atoms with Gasteiger partial charge >= 0.3 is 0 Å². The van der Waals surface area contributed by atoms with Crippen molar-refractivity contribution in [2.24, 2.45) is 5.73 Å². The lowest BCUT2D eigenvalue weighted by atomic mass is 10.1. The number of rotatable bonds is 3. The molecule has 3 aromatic rings. The molecule has 0 radical (unpaired) electrons. The minimum Gasteiger partial charge on any atom is -0.366 e. The largest absolute Gasteiger partial charge is 0.366 e. The average Bonchev–Trinajstić information content (AvgIpc) is 2.78. The Kier molecular flexibility index (Phi) is 3.03. The van der Waals surface area contributed by atoms with Gasteiger partial charge in [-0.15, -0.1) is 0 Å². The normalized spacial score (nSPS) is 11.7. The number of primary amides is 1. The Hall–Kier alpha value is -2.55. The van der Waals surface area contributed by atoms with Crippen molar-refractivity contribution in [3.63, 3.8) is 0 Å². The van der Waals surface area contributed by atoms with Gasteiger partial charge in [0.1, 0.15) is 0 Å². The highest BCUT2D eigenvalue weighted by molar-refractivity contribution is 6.08. The summed E-state index contributed by atoms with van der Waals surface area (Å²) in [5.74, 6) is -0.430. The van der Waals surface area contributed by atoms with Gasteiger partial charge in [-0.05, 0) is 36.8 Å². The zero-order chi connectivity index (χ0) is 14.1. The van der Waals surface area contributed by atoms with Crippen LogP contribution in [0.1, 0.15) is 12.5 Å². The number of hydrogen-bond donors (Lipinski definition) is 1. The number of hydrogen-bond acceptors (Lipinski definition) is 1. The van der Waals surface area contributed by atoms with Gasteiger partial charge < -0.3 is 10.3 Å². The summed E-state index contributed by atoms with van der Waals surface area (Å²) in [6.07, 6.45) is 3.14. The van der Waals surface area contributed by atoms with E-state index in [9.17, 15) is 4.79 Å². The Bertz CT molecular complexity index is 827. The number of carbonyl (C=O) groups is 1. The maximum Gasteiger partial charge on any atom is 0.241 e. The zero-order valence-electron chi connectivity index (χ0n) is 11.3. The first-order chi connectivity index (χ1) is 9.70. The van der Waals surface area contributed by atoms with E-state index in [0.29, 0.717) is 0 Å². The molecule has 0 unspecified atom stereocenters. The minimum absolute atomic E-state index is 0.430. The molecule has 3 heteroatoms. The fraction of sp³-hybridized carbons (Fsp3) is 0.118. The standard InChI is InChI=1S/C17H16N2O/c1-2-19-15-6-4-3-5-13(15)14-11-12(7-9-16(14)19)8-10-17(18)20/h3-11H,2H2,1H3,(H2,18,20). The van der Waals surface area contributed by atoms with Crippen LogP contribution in [0.4, 0.5) is 0 Å². The van der Waals surface area contributed by atoms with Gasteiger partial charge in [0.25, 0.3) is 0 Å². The van der Waals surface area contributed by atoms with Crippen molar-refractivity contribution in [3.05, 3.63) is 54.1 Å². The van der Waals surface area contributed by atoms with Crippen LogP contribution >= 0.6 is 0 Å². The van der Waals surface area contributed by atoms with Gasteiger partial charge in [0.2, 0.25) is 5.91 Å². The smallest absolute Gasteiger partial charge is 0.241 e. The summed E-state index contributed by atoms with van der Waals surface area (Å²) in [4.78, 5) is 10.8. The number of fused-ring (bicyclic) bond motifs is 3. The second kappa shape index (κ2) is 4.85. The summed E-state index contributed by atoms with van der Waals surface area (Å²) in [7, 11) is 0. The van der Waals surface area contributed by atoms with Crippen molar-refractivity contribution in [3.8, 4) is 0 Å². The van der Waals surface area contributed by atoms with Crippen LogP contribution in [0.3, 0.4) is 0 Å². The van der Waals surface area contributed by atoms with Crippen LogP contribution in [0.15, 0.2) is 48.5 Å². The van der Waals surface area contributed by atoms with E-state index in [0.717, 1.165) is 12.1 Å². The fourth-order valence-electron chi connectivity index (χ4n) is 2.69. The molecule has 0 aliphatic carbocycles. The van der Waals surface area contributed by atoms with Gasteiger partial charge in [-0.25, -0.2) is 0 Å². The summed E-state index contributed by atoms with van der Waals surface area (Å²) in [6, 6.07) is 14.6. The molecule has 0 aliphatic heterocycles. The van der Waals surface area contributed by atoms with Crippen LogP contribution in [-0.4, -0.2) is 10.5 Å². The van der Waals surface area contributed by atoms with Crippen LogP contribution < -0.4 is 5.73 Å². The van der Waals surface area contributed by atoms with E-state index in [-0.39, 0.29) is 0 Å². The molecule has 2 aromatic carbocycles. The van der Waals surface area contributed by atoms with Crippen LogP contribution in [0.5, 0.6) is 0 Å². The Morgan fingerprint density at radius 3 is 2.65 bits per heavy atom. The Morgan fingerprint density at radius 1 is 1.15 bits per heavy atom. The van der Waals surface area contributed by atoms with Crippen LogP contribution in [0, 0.1) is 0 Å². The predicted molar refractivity (Wildman–Crippen MR) is 83.3 cm³/mol. The van der Waals surface area contributed by atoms with Crippen molar-refractivity contribution in [1.29, 1.82) is 0 Å². The molecule has 1 amide bonds. The lowest BCUT2D eigenvalue weighted by Crippen LogP contribution is -2.05. The molecule has 3 rings (SSSR count). The number of nitrogens with zero attached hydrogens (tertiary/aromatic N) is 1. The molecule has 0 spiro atoms. The number of para-hydroxylation sites is 1. The Balaban J connectivity index is 2.28. The van der Waals surface area contributed by atoms with E-state index in [2.05, 4.69) is 41.8 Å². The van der Waals surface area contributed by atoms with Gasteiger partial charge in [0, 0.05) is 34.4 Å². The highest BCUT2D eigenvalue weighted by atomic mass is 16.1. The first-order valence-corrected chi connectivity index (χ1v) is 6.69. The first-order valence-electron chi connectivity index (χ1n) is 6.69. The van der Waals surface area contributed by atoms with E-state index < -0.39 is 5.91 Å². The second-order valence-corrected chi connectivity index (χ2v) is 4.77. The first kappa shape index (κ1) is 12.5. The number of aryl methyl sites for hydroxylation is 1. The number of amides is 1. The van der Waals surface area contributed by atoms with Crippen LogP contribution in [-0.2, 0) is 11.3 Å². The number of aromatic nitrogens is 1. The molecular formula is C17H16N2O. The molecule has 100 valence electrons. The number of benzene rings is 2. The van der Waals surface area contributed by atoms with Crippen molar-refractivity contribution in [2.75, 3.05) is 0 Å². The number of carbonyl (C=O) groups excluding carboxylic acids is 1. The van der Waals surface area contributed by atoms with Crippen molar-refractivity contribution in [2.45, 2.75) is 13.5 Å². The molecule has 2 N–H and O–H groups in total. The molecule has 0 fully saturated rings. The van der Waals surface area contributed by atoms with Crippen LogP contribution in [0.25, 0.3) is 27.9 Å². The summed E-state index contributed by atoms with van der Waals surface area (Å²) in [6.45, 7) is 3.08. The van der Waals surface area contributed by atoms with Crippen molar-refractivity contribution in [1.82, 2.24) is 4.57 Å². The summed E-state index contributed by atoms with van der Waals surface area (Å²) in [5.41, 5.74) is 8.57. The third kappa shape index (κ3) is 1.97. The molecule has 0 saturated heterocycles. The second-order valence-electron chi connectivity index (χ2n) is 4.77. The highest BCUT2D eigenvalue weighted by Gasteiger charge is 2.08. The zero-order valence-corrected chi connectivity index (χ0v) is 11.3. The van der Waals surface area contributed by atoms with Gasteiger partial charge in [-0.2, -0.15) is 0 Å². The summed E-state index contributed by atoms with van der Waals surface area (Å²) >= 11 is 0. The third-order valence-electron chi connectivity index (χ3n) is 3.55. The minimum atomic E-state index is -0.430. The molecule has 0 aliphatic rings. The molecule has 1 heterocycles. The lowest BCUT2D eigenvalue weighted by Gasteiger charge is -2.02. The van der Waals surface area contributed by atoms with Gasteiger partial charge in [0.15, 0.2) is 0 Å². The fourth-order valence-corrected chi connectivity index (χ4v) is 2.69. The Labute approximate surface area is 117 Å². The van der Waals surface area contributed by atoms with E-state index in [4.69, 9.17) is 5.73 Å². The quantitative estimate of drug-likeness (QED) is 0.725. The summed E-state index contributed by atoms with van der Waals surface area (Å²) < 4.78 is 2.30. The molecule has 0 bridgehead atoms. The predicted octanol–water partition coefficient (Wildman–Crippen LogP) is 3.31. The SMILES string of the molecule is CCn1c2ccccc2c2cc(C=CC(N)=O)ccc21. The molecular weight excluding hydrogens is 248 g/mol. The molecule has 0 saturated carbocycles. The maximum atomic E-state index is 10.8. The average molecular weight is 264 g/mol. The van der Waals surface area contributed by atoms with Gasteiger partial charge in [-0.3, -0.25) is 4.79 Å². The van der Waals surface area contributed by atoms with Crippen molar-refractivity contribution >= 4 is 33.8 Å². The number of nitrogens with two attached hydrogens (primary N) is 1. The van der Waals surface area contributed by atoms with E-state index in [1.807, 2.05) is 12.1 Å². The topological polar surface area (TPSA) is 48.0 Å².